The summed E-state index contributed by atoms with van der Waals surface area (Å²) in [5.41, 5.74) is 0.139. The van der Waals surface area contributed by atoms with Gasteiger partial charge in [-0.1, -0.05) is 30.3 Å². The normalized spacial score (nSPS) is 13.4. The summed E-state index contributed by atoms with van der Waals surface area (Å²) < 4.78 is 69.1. The van der Waals surface area contributed by atoms with Gasteiger partial charge in [0, 0.05) is 30.6 Å². The van der Waals surface area contributed by atoms with Crippen LogP contribution >= 0.6 is 11.3 Å². The largest absolute Gasteiger partial charge is 0.481 e. The third kappa shape index (κ3) is 9.63. The van der Waals surface area contributed by atoms with Gasteiger partial charge in [-0.2, -0.15) is 17.5 Å². The summed E-state index contributed by atoms with van der Waals surface area (Å²) in [5.74, 6) is -1.05. The molecule has 0 aliphatic heterocycles. The predicted octanol–water partition coefficient (Wildman–Crippen LogP) is 5.82. The molecular weight excluding hydrogens is 589 g/mol. The molecule has 3 aromatic rings. The van der Waals surface area contributed by atoms with E-state index in [0.29, 0.717) is 16.5 Å². The molecule has 3 rings (SSSR count). The van der Waals surface area contributed by atoms with Gasteiger partial charge in [0.15, 0.2) is 0 Å². The van der Waals surface area contributed by atoms with Crippen molar-refractivity contribution in [2.45, 2.75) is 68.7 Å². The van der Waals surface area contributed by atoms with Gasteiger partial charge in [-0.05, 0) is 85.9 Å². The first kappa shape index (κ1) is 33.7. The van der Waals surface area contributed by atoms with Gasteiger partial charge in [0.05, 0.1) is 23.0 Å². The zero-order valence-electron chi connectivity index (χ0n) is 23.8. The molecule has 0 bridgehead atoms. The Morgan fingerprint density at radius 2 is 1.76 bits per heavy atom. The Balaban J connectivity index is 1.71. The van der Waals surface area contributed by atoms with Crippen LogP contribution in [0.3, 0.4) is 0 Å². The number of halogens is 3. The SMILES string of the molecule is CN(CC(O)CNC(C)(C)CCCc1ccccc1)S(=O)(=O)c1cc(-c2ccsc2CCC(=O)O)cc(C(F)(F)F)c1. The topological polar surface area (TPSA) is 107 Å². The first-order chi connectivity index (χ1) is 19.6. The highest BCUT2D eigenvalue weighted by Crippen LogP contribution is 2.37. The highest BCUT2D eigenvalue weighted by Gasteiger charge is 2.34. The van der Waals surface area contributed by atoms with Crippen molar-refractivity contribution in [3.05, 3.63) is 76.0 Å². The van der Waals surface area contributed by atoms with Gasteiger partial charge in [-0.3, -0.25) is 4.79 Å². The maximum Gasteiger partial charge on any atom is 0.416 e. The molecule has 0 radical (unpaired) electrons. The van der Waals surface area contributed by atoms with E-state index < -0.39 is 38.7 Å². The fraction of sp³-hybridized carbons (Fsp3) is 0.433. The van der Waals surface area contributed by atoms with Crippen molar-refractivity contribution in [1.29, 1.82) is 0 Å². The smallest absolute Gasteiger partial charge is 0.416 e. The van der Waals surface area contributed by atoms with Crippen LogP contribution < -0.4 is 5.32 Å². The number of rotatable bonds is 15. The first-order valence-corrected chi connectivity index (χ1v) is 15.8. The minimum Gasteiger partial charge on any atom is -0.481 e. The number of thiophene rings is 1. The lowest BCUT2D eigenvalue weighted by molar-refractivity contribution is -0.138. The zero-order chi connectivity index (χ0) is 31.1. The molecule has 0 saturated heterocycles. The van der Waals surface area contributed by atoms with Gasteiger partial charge >= 0.3 is 12.1 Å². The number of sulfonamides is 1. The summed E-state index contributed by atoms with van der Waals surface area (Å²) in [5, 5.41) is 24.5. The molecule has 0 fully saturated rings. The summed E-state index contributed by atoms with van der Waals surface area (Å²) in [7, 11) is -3.20. The molecule has 3 N–H and O–H groups in total. The summed E-state index contributed by atoms with van der Waals surface area (Å²) in [6.07, 6.45) is -3.41. The number of carboxylic acids is 1. The molecule has 0 saturated carbocycles. The van der Waals surface area contributed by atoms with E-state index >= 15 is 0 Å². The molecule has 0 aliphatic rings. The molecule has 1 heterocycles. The molecule has 0 amide bonds. The van der Waals surface area contributed by atoms with Gasteiger partial charge in [0.25, 0.3) is 0 Å². The molecular formula is C30H37F3N2O5S2. The van der Waals surface area contributed by atoms with Crippen LogP contribution in [-0.4, -0.2) is 60.7 Å². The number of aliphatic carboxylic acids is 1. The third-order valence-electron chi connectivity index (χ3n) is 6.96. The minimum atomic E-state index is -4.81. The second kappa shape index (κ2) is 14.1. The molecule has 42 heavy (non-hydrogen) atoms. The van der Waals surface area contributed by atoms with Gasteiger partial charge in [-0.15, -0.1) is 11.3 Å². The Morgan fingerprint density at radius 3 is 2.40 bits per heavy atom. The summed E-state index contributed by atoms with van der Waals surface area (Å²) in [4.78, 5) is 11.0. The van der Waals surface area contributed by atoms with Crippen molar-refractivity contribution in [2.75, 3.05) is 20.1 Å². The van der Waals surface area contributed by atoms with Crippen LogP contribution in [0, 0.1) is 0 Å². The Morgan fingerprint density at radius 1 is 1.07 bits per heavy atom. The average molecular weight is 627 g/mol. The Bertz CT molecular complexity index is 1440. The fourth-order valence-electron chi connectivity index (χ4n) is 4.58. The number of aryl methyl sites for hydroxylation is 2. The zero-order valence-corrected chi connectivity index (χ0v) is 25.5. The van der Waals surface area contributed by atoms with Crippen LogP contribution in [0.25, 0.3) is 11.1 Å². The molecule has 230 valence electrons. The van der Waals surface area contributed by atoms with Gasteiger partial charge in [-0.25, -0.2) is 8.42 Å². The third-order valence-corrected chi connectivity index (χ3v) is 9.74. The van der Waals surface area contributed by atoms with Crippen LogP contribution in [-0.2, 0) is 33.8 Å². The van der Waals surface area contributed by atoms with Crippen LogP contribution in [0.2, 0.25) is 0 Å². The van der Waals surface area contributed by atoms with Crippen molar-refractivity contribution in [1.82, 2.24) is 9.62 Å². The quantitative estimate of drug-likeness (QED) is 0.196. The molecule has 0 spiro atoms. The number of nitrogens with zero attached hydrogens (tertiary/aromatic N) is 1. The lowest BCUT2D eigenvalue weighted by Crippen LogP contribution is -2.46. The lowest BCUT2D eigenvalue weighted by Gasteiger charge is -2.29. The molecule has 1 atom stereocenters. The Kier molecular flexibility index (Phi) is 11.4. The number of β-amino-alcohol motifs (C(OH)–C–C–N with tert-alkyl or cyclic N) is 1. The number of aliphatic hydroxyl groups excluding tert-OH is 1. The van der Waals surface area contributed by atoms with E-state index in [1.54, 1.807) is 11.4 Å². The van der Waals surface area contributed by atoms with E-state index in [0.717, 1.165) is 35.7 Å². The minimum absolute atomic E-state index is 0.0258. The average Bonchev–Trinajstić information content (AvgIpc) is 3.39. The second-order valence-electron chi connectivity index (χ2n) is 10.9. The number of benzene rings is 2. The standard InChI is InChI=1S/C30H37F3N2O5S2/c1-29(2,14-7-10-21-8-5-4-6-9-21)34-19-24(36)20-35(3)42(39,40)25-17-22(16-23(18-25)30(31,32)33)26-13-15-41-27(26)11-12-28(37)38/h4-6,8-9,13,15-18,24,34,36H,7,10-12,14,19-20H2,1-3H3,(H,37,38). The van der Waals surface area contributed by atoms with Gasteiger partial charge in [0.1, 0.15) is 0 Å². The monoisotopic (exact) mass is 626 g/mol. The van der Waals surface area contributed by atoms with E-state index in [-0.39, 0.29) is 37.0 Å². The van der Waals surface area contributed by atoms with Crippen molar-refractivity contribution in [3.63, 3.8) is 0 Å². The van der Waals surface area contributed by atoms with Crippen molar-refractivity contribution < 1.29 is 36.6 Å². The Labute approximate surface area is 249 Å². The fourth-order valence-corrected chi connectivity index (χ4v) is 6.76. The number of aliphatic hydroxyl groups is 1. The number of hydrogen-bond acceptors (Lipinski definition) is 6. The number of nitrogens with one attached hydrogen (secondary N) is 1. The highest BCUT2D eigenvalue weighted by atomic mass is 32.2. The van der Waals surface area contributed by atoms with Crippen molar-refractivity contribution >= 4 is 27.3 Å². The number of carboxylic acid groups (broad SMARTS) is 1. The molecule has 1 aromatic heterocycles. The van der Waals surface area contributed by atoms with E-state index in [1.165, 1.54) is 23.9 Å². The number of likely N-dealkylation sites (N-methyl/N-ethyl adjacent to an activating group) is 1. The van der Waals surface area contributed by atoms with Gasteiger partial charge < -0.3 is 15.5 Å². The highest BCUT2D eigenvalue weighted by molar-refractivity contribution is 7.89. The van der Waals surface area contributed by atoms with Crippen LogP contribution in [0.4, 0.5) is 13.2 Å². The summed E-state index contributed by atoms with van der Waals surface area (Å²) in [6, 6.07) is 14.2. The lowest BCUT2D eigenvalue weighted by atomic mass is 9.95. The second-order valence-corrected chi connectivity index (χ2v) is 14.0. The van der Waals surface area contributed by atoms with Crippen LogP contribution in [0.1, 0.15) is 49.1 Å². The van der Waals surface area contributed by atoms with Crippen molar-refractivity contribution in [2.24, 2.45) is 0 Å². The molecule has 12 heteroatoms. The molecule has 2 aromatic carbocycles. The first-order valence-electron chi connectivity index (χ1n) is 13.5. The van der Waals surface area contributed by atoms with Gasteiger partial charge in [0.2, 0.25) is 10.0 Å². The summed E-state index contributed by atoms with van der Waals surface area (Å²) in [6.45, 7) is 3.74. The Hall–Kier alpha value is -2.77. The van der Waals surface area contributed by atoms with Crippen LogP contribution in [0.15, 0.2) is 64.9 Å². The number of carbonyl (C=O) groups is 1. The maximum atomic E-state index is 13.8. The number of alkyl halides is 3. The van der Waals surface area contributed by atoms with E-state index in [4.69, 9.17) is 5.11 Å². The van der Waals surface area contributed by atoms with E-state index in [1.807, 2.05) is 32.0 Å². The van der Waals surface area contributed by atoms with Crippen molar-refractivity contribution in [3.8, 4) is 11.1 Å². The van der Waals surface area contributed by atoms with Crippen LogP contribution in [0.5, 0.6) is 0 Å². The molecule has 7 nitrogen and oxygen atoms in total. The maximum absolute atomic E-state index is 13.8. The predicted molar refractivity (Wildman–Crippen MR) is 158 cm³/mol. The van der Waals surface area contributed by atoms with E-state index in [9.17, 15) is 31.5 Å². The van der Waals surface area contributed by atoms with E-state index in [2.05, 4.69) is 17.4 Å². The molecule has 0 aliphatic carbocycles. The summed E-state index contributed by atoms with van der Waals surface area (Å²) >= 11 is 1.19. The number of hydrogen-bond donors (Lipinski definition) is 3. The molecule has 1 unspecified atom stereocenters.